The van der Waals surface area contributed by atoms with Crippen LogP contribution in [0.3, 0.4) is 0 Å². The first-order chi connectivity index (χ1) is 13.2. The van der Waals surface area contributed by atoms with Crippen LogP contribution in [-0.4, -0.2) is 36.5 Å². The molecular weight excluding hydrogens is 332 g/mol. The average molecular weight is 361 g/mol. The van der Waals surface area contributed by atoms with Crippen molar-refractivity contribution in [2.24, 2.45) is 11.8 Å². The van der Waals surface area contributed by atoms with Crippen molar-refractivity contribution in [3.63, 3.8) is 0 Å². The Labute approximate surface area is 161 Å². The fraction of sp³-hybridized carbons (Fsp3) is 0.458. The molecule has 3 atom stereocenters. The monoisotopic (exact) mass is 360 g/mol. The number of carbonyl (C=O) groups excluding carboxylic acids is 1. The third kappa shape index (κ3) is 3.19. The van der Waals surface area contributed by atoms with Gasteiger partial charge in [-0.25, -0.2) is 0 Å². The van der Waals surface area contributed by atoms with Crippen molar-refractivity contribution in [3.05, 3.63) is 53.6 Å². The number of hydrogen-bond acceptors (Lipinski definition) is 2. The molecule has 5 rings (SSSR count). The number of rotatable bonds is 4. The SMILES string of the molecule is CC(=O)N[C@H]1CCN(CC2=C(c3ccc4ccccc4c3)C3CCC2C3)C1. The van der Waals surface area contributed by atoms with Crippen LogP contribution in [0, 0.1) is 11.8 Å². The van der Waals surface area contributed by atoms with Crippen molar-refractivity contribution in [3.8, 4) is 0 Å². The fourth-order valence-electron chi connectivity index (χ4n) is 5.66. The van der Waals surface area contributed by atoms with Crippen LogP contribution in [0.4, 0.5) is 0 Å². The highest BCUT2D eigenvalue weighted by molar-refractivity contribution is 5.87. The van der Waals surface area contributed by atoms with Gasteiger partial charge >= 0.3 is 0 Å². The van der Waals surface area contributed by atoms with Crippen LogP contribution in [0.2, 0.25) is 0 Å². The van der Waals surface area contributed by atoms with E-state index in [4.69, 9.17) is 0 Å². The minimum absolute atomic E-state index is 0.0952. The molecule has 1 aliphatic heterocycles. The number of likely N-dealkylation sites (tertiary alicyclic amines) is 1. The Hall–Kier alpha value is -2.13. The van der Waals surface area contributed by atoms with Crippen LogP contribution in [0.1, 0.15) is 38.2 Å². The van der Waals surface area contributed by atoms with E-state index in [0.717, 1.165) is 37.9 Å². The van der Waals surface area contributed by atoms with Gasteiger partial charge in [0.05, 0.1) is 0 Å². The highest BCUT2D eigenvalue weighted by Crippen LogP contribution is 2.52. The second kappa shape index (κ2) is 6.79. The van der Waals surface area contributed by atoms with Gasteiger partial charge in [-0.3, -0.25) is 9.69 Å². The van der Waals surface area contributed by atoms with Crippen molar-refractivity contribution in [1.82, 2.24) is 10.2 Å². The van der Waals surface area contributed by atoms with E-state index in [1.165, 1.54) is 35.6 Å². The number of carbonyl (C=O) groups is 1. The van der Waals surface area contributed by atoms with Crippen molar-refractivity contribution in [1.29, 1.82) is 0 Å². The number of nitrogens with zero attached hydrogens (tertiary/aromatic N) is 1. The lowest BCUT2D eigenvalue weighted by atomic mass is 9.86. The normalized spacial score (nSPS) is 27.7. The van der Waals surface area contributed by atoms with Crippen LogP contribution >= 0.6 is 0 Å². The summed E-state index contributed by atoms with van der Waals surface area (Å²) in [4.78, 5) is 13.9. The Morgan fingerprint density at radius 3 is 2.74 bits per heavy atom. The highest BCUT2D eigenvalue weighted by Gasteiger charge is 2.40. The standard InChI is InChI=1S/C24H28N2O/c1-16(27)25-22-10-11-26(14-22)15-23-19-7-9-21(13-19)24(23)20-8-6-17-4-2-3-5-18(17)12-20/h2-6,8,12,19,21-22H,7,9-11,13-15H2,1H3,(H,25,27)/t19?,21?,22-/m0/s1. The molecule has 3 heteroatoms. The maximum Gasteiger partial charge on any atom is 0.217 e. The molecule has 3 aliphatic rings. The molecule has 1 heterocycles. The number of hydrogen-bond donors (Lipinski definition) is 1. The van der Waals surface area contributed by atoms with Crippen molar-refractivity contribution < 1.29 is 4.79 Å². The zero-order valence-electron chi connectivity index (χ0n) is 16.1. The van der Waals surface area contributed by atoms with Gasteiger partial charge in [0.1, 0.15) is 0 Å². The first-order valence-electron chi connectivity index (χ1n) is 10.4. The zero-order valence-corrected chi connectivity index (χ0v) is 16.1. The summed E-state index contributed by atoms with van der Waals surface area (Å²) in [5.74, 6) is 1.62. The summed E-state index contributed by atoms with van der Waals surface area (Å²) < 4.78 is 0. The fourth-order valence-corrected chi connectivity index (χ4v) is 5.66. The molecule has 2 bridgehead atoms. The summed E-state index contributed by atoms with van der Waals surface area (Å²) >= 11 is 0. The van der Waals surface area contributed by atoms with E-state index in [0.29, 0.717) is 6.04 Å². The molecule has 0 aromatic heterocycles. The van der Waals surface area contributed by atoms with Crippen molar-refractivity contribution in [2.75, 3.05) is 19.6 Å². The minimum atomic E-state index is 0.0952. The van der Waals surface area contributed by atoms with Crippen LogP contribution in [0.15, 0.2) is 48.0 Å². The minimum Gasteiger partial charge on any atom is -0.352 e. The Bertz CT molecular complexity index is 915. The summed E-state index contributed by atoms with van der Waals surface area (Å²) in [5, 5.41) is 5.76. The number of nitrogens with one attached hydrogen (secondary N) is 1. The molecule has 2 aliphatic carbocycles. The predicted molar refractivity (Wildman–Crippen MR) is 110 cm³/mol. The lowest BCUT2D eigenvalue weighted by Gasteiger charge is -2.25. The van der Waals surface area contributed by atoms with E-state index in [1.54, 1.807) is 18.1 Å². The Morgan fingerprint density at radius 2 is 1.89 bits per heavy atom. The van der Waals surface area contributed by atoms with E-state index < -0.39 is 0 Å². The maximum absolute atomic E-state index is 11.4. The Morgan fingerprint density at radius 1 is 1.07 bits per heavy atom. The molecule has 0 radical (unpaired) electrons. The van der Waals surface area contributed by atoms with Gasteiger partial charge < -0.3 is 5.32 Å². The topological polar surface area (TPSA) is 32.3 Å². The molecule has 1 N–H and O–H groups in total. The maximum atomic E-state index is 11.4. The summed E-state index contributed by atoms with van der Waals surface area (Å²) in [6.45, 7) is 4.79. The van der Waals surface area contributed by atoms with Crippen LogP contribution in [-0.2, 0) is 4.79 Å². The lowest BCUT2D eigenvalue weighted by molar-refractivity contribution is -0.119. The summed E-state index contributed by atoms with van der Waals surface area (Å²) in [6, 6.07) is 16.0. The lowest BCUT2D eigenvalue weighted by Crippen LogP contribution is -2.36. The number of benzene rings is 2. The summed E-state index contributed by atoms with van der Waals surface area (Å²) in [5.41, 5.74) is 4.76. The predicted octanol–water partition coefficient (Wildman–Crippen LogP) is 4.23. The Kier molecular flexibility index (Phi) is 4.28. The van der Waals surface area contributed by atoms with Crippen molar-refractivity contribution in [2.45, 2.75) is 38.6 Å². The van der Waals surface area contributed by atoms with E-state index >= 15 is 0 Å². The third-order valence-corrected chi connectivity index (χ3v) is 6.81. The van der Waals surface area contributed by atoms with Gasteiger partial charge in [-0.2, -0.15) is 0 Å². The number of amides is 1. The van der Waals surface area contributed by atoms with Crippen LogP contribution < -0.4 is 5.32 Å². The van der Waals surface area contributed by atoms with Gasteiger partial charge in [-0.05, 0) is 71.1 Å². The molecule has 1 saturated heterocycles. The zero-order chi connectivity index (χ0) is 18.4. The second-order valence-electron chi connectivity index (χ2n) is 8.63. The first kappa shape index (κ1) is 17.0. The van der Waals surface area contributed by atoms with E-state index in [-0.39, 0.29) is 5.91 Å². The molecular formula is C24H28N2O. The number of fused-ring (bicyclic) bond motifs is 3. The summed E-state index contributed by atoms with van der Waals surface area (Å²) in [6.07, 6.45) is 5.14. The quantitative estimate of drug-likeness (QED) is 0.885. The smallest absolute Gasteiger partial charge is 0.217 e. The van der Waals surface area contributed by atoms with Crippen molar-refractivity contribution >= 4 is 22.3 Å². The average Bonchev–Trinajstić information content (AvgIpc) is 3.38. The first-order valence-corrected chi connectivity index (χ1v) is 10.4. The molecule has 27 heavy (non-hydrogen) atoms. The molecule has 1 amide bonds. The third-order valence-electron chi connectivity index (χ3n) is 6.81. The van der Waals surface area contributed by atoms with E-state index in [2.05, 4.69) is 52.7 Å². The highest BCUT2D eigenvalue weighted by atomic mass is 16.1. The van der Waals surface area contributed by atoms with Crippen LogP contribution in [0.5, 0.6) is 0 Å². The Balaban J connectivity index is 1.43. The molecule has 2 unspecified atom stereocenters. The summed E-state index contributed by atoms with van der Waals surface area (Å²) in [7, 11) is 0. The van der Waals surface area contributed by atoms with E-state index in [1.807, 2.05) is 0 Å². The van der Waals surface area contributed by atoms with Gasteiger partial charge in [-0.1, -0.05) is 36.4 Å². The molecule has 2 fully saturated rings. The van der Waals surface area contributed by atoms with E-state index in [9.17, 15) is 4.79 Å². The largest absolute Gasteiger partial charge is 0.352 e. The van der Waals surface area contributed by atoms with Gasteiger partial charge in [0, 0.05) is 32.6 Å². The van der Waals surface area contributed by atoms with Gasteiger partial charge in [0.2, 0.25) is 5.91 Å². The molecule has 2 aromatic rings. The molecule has 0 spiro atoms. The molecule has 2 aromatic carbocycles. The number of allylic oxidation sites excluding steroid dienone is 1. The molecule has 1 saturated carbocycles. The molecule has 3 nitrogen and oxygen atoms in total. The van der Waals surface area contributed by atoms with Gasteiger partial charge in [0.25, 0.3) is 0 Å². The second-order valence-corrected chi connectivity index (χ2v) is 8.63. The van der Waals surface area contributed by atoms with Gasteiger partial charge in [0.15, 0.2) is 0 Å². The van der Waals surface area contributed by atoms with Crippen LogP contribution in [0.25, 0.3) is 16.3 Å². The van der Waals surface area contributed by atoms with Gasteiger partial charge in [-0.15, -0.1) is 0 Å². The molecule has 140 valence electrons.